The number of nitrogens with one attached hydrogen (secondary N) is 2. The molecule has 0 spiro atoms. The summed E-state index contributed by atoms with van der Waals surface area (Å²) in [6.45, 7) is 0.335. The number of hydrogen-bond acceptors (Lipinski definition) is 6. The van der Waals surface area contributed by atoms with E-state index >= 15 is 0 Å². The molecule has 0 heterocycles. The molecule has 2 unspecified atom stereocenters. The third kappa shape index (κ3) is 5.24. The second kappa shape index (κ2) is 8.11. The first-order chi connectivity index (χ1) is 10.8. The minimum atomic E-state index is -1.56. The van der Waals surface area contributed by atoms with Crippen molar-refractivity contribution in [3.05, 3.63) is 29.8 Å². The van der Waals surface area contributed by atoms with Crippen molar-refractivity contribution in [3.63, 3.8) is 0 Å². The van der Waals surface area contributed by atoms with Crippen LogP contribution in [0.1, 0.15) is 18.5 Å². The Morgan fingerprint density at radius 2 is 1.70 bits per heavy atom. The molecule has 0 bridgehead atoms. The van der Waals surface area contributed by atoms with Crippen LogP contribution >= 0.6 is 0 Å². The van der Waals surface area contributed by atoms with Gasteiger partial charge in [0.2, 0.25) is 11.8 Å². The van der Waals surface area contributed by atoms with Crippen molar-refractivity contribution in [3.8, 4) is 5.75 Å². The van der Waals surface area contributed by atoms with E-state index in [1.54, 1.807) is 0 Å². The number of amides is 2. The lowest BCUT2D eigenvalue weighted by atomic mass is 10.0. The van der Waals surface area contributed by atoms with Gasteiger partial charge in [-0.1, -0.05) is 12.1 Å². The summed E-state index contributed by atoms with van der Waals surface area (Å²) in [6, 6.07) is 2.42. The van der Waals surface area contributed by atoms with Gasteiger partial charge in [-0.2, -0.15) is 0 Å². The van der Waals surface area contributed by atoms with Crippen LogP contribution in [0.3, 0.4) is 0 Å². The first-order valence-electron chi connectivity index (χ1n) is 6.66. The molecule has 1 aromatic rings. The third-order valence-electron chi connectivity index (χ3n) is 2.98. The van der Waals surface area contributed by atoms with Gasteiger partial charge in [-0.05, 0) is 24.6 Å². The van der Waals surface area contributed by atoms with Crippen LogP contribution in [0.25, 0.3) is 0 Å². The van der Waals surface area contributed by atoms with Gasteiger partial charge in [0.1, 0.15) is 18.4 Å². The second-order valence-corrected chi connectivity index (χ2v) is 4.82. The summed E-state index contributed by atoms with van der Waals surface area (Å²) in [5.74, 6) is -3.23. The highest BCUT2D eigenvalue weighted by molar-refractivity contribution is 5.91. The van der Waals surface area contributed by atoms with Gasteiger partial charge in [0.25, 0.3) is 0 Å². The Bertz CT molecular complexity index is 571. The van der Waals surface area contributed by atoms with Crippen molar-refractivity contribution in [2.75, 3.05) is 6.61 Å². The van der Waals surface area contributed by atoms with E-state index in [0.29, 0.717) is 0 Å². The lowest BCUT2D eigenvalue weighted by Gasteiger charge is -2.22. The molecule has 0 aliphatic rings. The van der Waals surface area contributed by atoms with Crippen LogP contribution in [0.4, 0.5) is 0 Å². The van der Waals surface area contributed by atoms with Gasteiger partial charge in [-0.15, -0.1) is 0 Å². The van der Waals surface area contributed by atoms with Crippen LogP contribution in [0, 0.1) is 0 Å². The number of carboxylic acid groups (broad SMARTS) is 1. The molecule has 0 radical (unpaired) electrons. The number of aromatic hydroxyl groups is 1. The number of hydrogen-bond donors (Lipinski definition) is 6. The molecular formula is C14H18N2O7. The van der Waals surface area contributed by atoms with Crippen molar-refractivity contribution >= 4 is 17.8 Å². The number of carbonyl (C=O) groups is 3. The number of aliphatic hydroxyl groups is 2. The predicted molar refractivity (Wildman–Crippen MR) is 77.3 cm³/mol. The summed E-state index contributed by atoms with van der Waals surface area (Å²) in [7, 11) is 0. The van der Waals surface area contributed by atoms with Crippen molar-refractivity contribution in [2.45, 2.75) is 25.1 Å². The highest BCUT2D eigenvalue weighted by Crippen LogP contribution is 2.17. The van der Waals surface area contributed by atoms with E-state index in [2.05, 4.69) is 10.6 Å². The monoisotopic (exact) mass is 326 g/mol. The molecule has 3 atom stereocenters. The maximum absolute atomic E-state index is 12.3. The van der Waals surface area contributed by atoms with E-state index in [1.165, 1.54) is 31.2 Å². The lowest BCUT2D eigenvalue weighted by Crippen LogP contribution is -2.51. The average molecular weight is 326 g/mol. The van der Waals surface area contributed by atoms with Gasteiger partial charge in [0, 0.05) is 0 Å². The number of rotatable bonds is 7. The van der Waals surface area contributed by atoms with E-state index < -0.39 is 42.6 Å². The van der Waals surface area contributed by atoms with Gasteiger partial charge in [-0.25, -0.2) is 4.79 Å². The Kier molecular flexibility index (Phi) is 6.49. The van der Waals surface area contributed by atoms with Crippen molar-refractivity contribution in [2.24, 2.45) is 0 Å². The third-order valence-corrected chi connectivity index (χ3v) is 2.98. The normalized spacial score (nSPS) is 14.4. The Hall–Kier alpha value is -2.65. The molecule has 0 aliphatic heterocycles. The van der Waals surface area contributed by atoms with Crippen molar-refractivity contribution in [1.29, 1.82) is 0 Å². The number of benzene rings is 1. The Labute approximate surface area is 131 Å². The molecule has 9 nitrogen and oxygen atoms in total. The van der Waals surface area contributed by atoms with E-state index in [9.17, 15) is 24.6 Å². The van der Waals surface area contributed by atoms with Crippen LogP contribution < -0.4 is 10.6 Å². The summed E-state index contributed by atoms with van der Waals surface area (Å²) >= 11 is 0. The number of phenolic OH excluding ortho intramolecular Hbond substituents is 1. The summed E-state index contributed by atoms with van der Waals surface area (Å²) in [4.78, 5) is 34.6. The minimum absolute atomic E-state index is 0.0613. The minimum Gasteiger partial charge on any atom is -0.508 e. The predicted octanol–water partition coefficient (Wildman–Crippen LogP) is -1.51. The van der Waals surface area contributed by atoms with E-state index in [0.717, 1.165) is 0 Å². The Morgan fingerprint density at radius 1 is 1.13 bits per heavy atom. The number of aliphatic hydroxyl groups excluding tert-OH is 2. The van der Waals surface area contributed by atoms with Crippen LogP contribution in [-0.4, -0.2) is 57.0 Å². The topological polar surface area (TPSA) is 156 Å². The fraction of sp³-hybridized carbons (Fsp3) is 0.357. The molecule has 0 saturated carbocycles. The van der Waals surface area contributed by atoms with Gasteiger partial charge in [0.05, 0.1) is 6.10 Å². The molecule has 0 saturated heterocycles. The fourth-order valence-electron chi connectivity index (χ4n) is 1.80. The number of phenols is 1. The highest BCUT2D eigenvalue weighted by Gasteiger charge is 2.30. The number of carboxylic acids is 1. The van der Waals surface area contributed by atoms with Crippen LogP contribution in [0.2, 0.25) is 0 Å². The molecule has 1 aromatic carbocycles. The molecule has 0 fully saturated rings. The zero-order valence-electron chi connectivity index (χ0n) is 12.3. The van der Waals surface area contributed by atoms with E-state index in [1.807, 2.05) is 0 Å². The quantitative estimate of drug-likeness (QED) is 0.356. The Morgan fingerprint density at radius 3 is 2.13 bits per heavy atom. The zero-order valence-corrected chi connectivity index (χ0v) is 12.3. The maximum atomic E-state index is 12.3. The summed E-state index contributed by atoms with van der Waals surface area (Å²) in [5, 5.41) is 40.8. The number of aliphatic carboxylic acids is 1. The highest BCUT2D eigenvalue weighted by atomic mass is 16.4. The van der Waals surface area contributed by atoms with Gasteiger partial charge in [0.15, 0.2) is 6.04 Å². The molecule has 6 N–H and O–H groups in total. The van der Waals surface area contributed by atoms with Gasteiger partial charge in [-0.3, -0.25) is 9.59 Å². The van der Waals surface area contributed by atoms with Gasteiger partial charge >= 0.3 is 5.97 Å². The molecule has 9 heteroatoms. The molecule has 0 aromatic heterocycles. The number of carbonyl (C=O) groups excluding carboxylic acids is 2. The van der Waals surface area contributed by atoms with Crippen molar-refractivity contribution in [1.82, 2.24) is 10.6 Å². The van der Waals surface area contributed by atoms with E-state index in [4.69, 9.17) is 10.2 Å². The standard InChI is InChI=1S/C14H18N2O7/c1-7(18)11(14(22)23)16-13(21)12(15-10(20)6-17)8-2-4-9(19)5-3-8/h2-5,7,11-12,17-19H,6H2,1H3,(H,15,20)(H,16,21)(H,22,23)/t7?,11?,12-/m1/s1. The maximum Gasteiger partial charge on any atom is 0.328 e. The summed E-state index contributed by atoms with van der Waals surface area (Å²) in [5.41, 5.74) is 0.261. The second-order valence-electron chi connectivity index (χ2n) is 4.82. The smallest absolute Gasteiger partial charge is 0.328 e. The van der Waals surface area contributed by atoms with Crippen molar-refractivity contribution < 1.29 is 34.8 Å². The largest absolute Gasteiger partial charge is 0.508 e. The van der Waals surface area contributed by atoms with Crippen LogP contribution in [0.15, 0.2) is 24.3 Å². The van der Waals surface area contributed by atoms with E-state index in [-0.39, 0.29) is 11.3 Å². The first kappa shape index (κ1) is 18.4. The first-order valence-corrected chi connectivity index (χ1v) is 6.66. The van der Waals surface area contributed by atoms with Crippen LogP contribution in [0.5, 0.6) is 5.75 Å². The molecule has 126 valence electrons. The average Bonchev–Trinajstić information content (AvgIpc) is 2.50. The zero-order chi connectivity index (χ0) is 17.6. The molecule has 2 amide bonds. The molecule has 1 rings (SSSR count). The van der Waals surface area contributed by atoms with Gasteiger partial charge < -0.3 is 31.1 Å². The SMILES string of the molecule is CC(O)C(NC(=O)[C@H](NC(=O)CO)c1ccc(O)cc1)C(=O)O. The fourth-order valence-corrected chi connectivity index (χ4v) is 1.80. The lowest BCUT2D eigenvalue weighted by molar-refractivity contribution is -0.145. The summed E-state index contributed by atoms with van der Waals surface area (Å²) in [6.07, 6.45) is -1.36. The molecule has 0 aliphatic carbocycles. The van der Waals surface area contributed by atoms with Crippen LogP contribution in [-0.2, 0) is 14.4 Å². The molecule has 23 heavy (non-hydrogen) atoms. The Balaban J connectivity index is 3.03. The summed E-state index contributed by atoms with van der Waals surface area (Å²) < 4.78 is 0. The molecular weight excluding hydrogens is 308 g/mol.